The van der Waals surface area contributed by atoms with Crippen LogP contribution in [0, 0.1) is 0 Å². The van der Waals surface area contributed by atoms with Crippen LogP contribution in [0.25, 0.3) is 11.0 Å². The number of aromatic nitrogens is 2. The molecule has 1 aromatic carbocycles. The van der Waals surface area contributed by atoms with E-state index in [0.717, 1.165) is 16.7 Å². The highest BCUT2D eigenvalue weighted by atomic mass is 32.1. The molecule has 2 rings (SSSR count). The minimum absolute atomic E-state index is 0. The summed E-state index contributed by atoms with van der Waals surface area (Å²) in [7, 11) is 0. The van der Waals surface area contributed by atoms with Crippen molar-refractivity contribution >= 4 is 41.9 Å². The standard InChI is InChI=1S/C6H5N3S.H2S/c7-4-1-2-5-6(3-4)9-10-8-5;/h1-3H,7H2;1H2. The molecule has 0 unspecified atom stereocenters. The van der Waals surface area contributed by atoms with Crippen molar-refractivity contribution in [1.29, 1.82) is 0 Å². The number of rotatable bonds is 0. The van der Waals surface area contributed by atoms with Crippen molar-refractivity contribution in [2.24, 2.45) is 0 Å². The lowest BCUT2D eigenvalue weighted by Crippen LogP contribution is -1.82. The molecule has 3 nitrogen and oxygen atoms in total. The second kappa shape index (κ2) is 3.06. The monoisotopic (exact) mass is 185 g/mol. The van der Waals surface area contributed by atoms with Gasteiger partial charge in [0.25, 0.3) is 0 Å². The topological polar surface area (TPSA) is 51.8 Å². The number of fused-ring (bicyclic) bond motifs is 1. The summed E-state index contributed by atoms with van der Waals surface area (Å²) in [5.41, 5.74) is 8.05. The maximum Gasteiger partial charge on any atom is 0.106 e. The fourth-order valence-corrected chi connectivity index (χ4v) is 1.32. The highest BCUT2D eigenvalue weighted by Gasteiger charge is 1.95. The van der Waals surface area contributed by atoms with Gasteiger partial charge < -0.3 is 5.73 Å². The van der Waals surface area contributed by atoms with Gasteiger partial charge in [0.2, 0.25) is 0 Å². The van der Waals surface area contributed by atoms with Crippen LogP contribution in [0.3, 0.4) is 0 Å². The molecule has 2 N–H and O–H groups in total. The minimum atomic E-state index is 0. The van der Waals surface area contributed by atoms with Crippen molar-refractivity contribution in [2.45, 2.75) is 0 Å². The van der Waals surface area contributed by atoms with E-state index in [9.17, 15) is 0 Å². The van der Waals surface area contributed by atoms with Crippen LogP contribution in [-0.2, 0) is 0 Å². The average Bonchev–Trinajstić information content (AvgIpc) is 2.33. The van der Waals surface area contributed by atoms with E-state index in [2.05, 4.69) is 8.75 Å². The summed E-state index contributed by atoms with van der Waals surface area (Å²) in [6, 6.07) is 5.51. The molecule has 0 atom stereocenters. The van der Waals surface area contributed by atoms with Gasteiger partial charge in [0.05, 0.1) is 11.7 Å². The second-order valence-corrected chi connectivity index (χ2v) is 2.54. The molecule has 11 heavy (non-hydrogen) atoms. The fourth-order valence-electron chi connectivity index (χ4n) is 0.799. The molecule has 0 saturated carbocycles. The van der Waals surface area contributed by atoms with E-state index >= 15 is 0 Å². The molecule has 0 bridgehead atoms. The molecule has 0 aliphatic rings. The lowest BCUT2D eigenvalue weighted by atomic mass is 10.3. The SMILES string of the molecule is Nc1ccc2nsnc2c1.S. The molecule has 1 heterocycles. The Morgan fingerprint density at radius 1 is 1.18 bits per heavy atom. The minimum Gasteiger partial charge on any atom is -0.399 e. The molecule has 2 aromatic rings. The molecule has 0 aliphatic carbocycles. The second-order valence-electron chi connectivity index (χ2n) is 2.01. The van der Waals surface area contributed by atoms with Crippen molar-refractivity contribution in [2.75, 3.05) is 5.73 Å². The number of nitrogens with two attached hydrogens (primary N) is 1. The third-order valence-corrected chi connectivity index (χ3v) is 1.83. The predicted octanol–water partition coefficient (Wildman–Crippen LogP) is 1.39. The predicted molar refractivity (Wildman–Crippen MR) is 52.2 cm³/mol. The summed E-state index contributed by atoms with van der Waals surface area (Å²) < 4.78 is 8.06. The zero-order chi connectivity index (χ0) is 6.97. The number of anilines is 1. The van der Waals surface area contributed by atoms with E-state index in [4.69, 9.17) is 5.73 Å². The van der Waals surface area contributed by atoms with Crippen molar-refractivity contribution in [3.63, 3.8) is 0 Å². The van der Waals surface area contributed by atoms with Gasteiger partial charge in [0.15, 0.2) is 0 Å². The van der Waals surface area contributed by atoms with Crippen LogP contribution in [0.15, 0.2) is 18.2 Å². The van der Waals surface area contributed by atoms with Gasteiger partial charge in [-0.15, -0.1) is 0 Å². The van der Waals surface area contributed by atoms with Gasteiger partial charge in [-0.25, -0.2) is 0 Å². The summed E-state index contributed by atoms with van der Waals surface area (Å²) in [5, 5.41) is 0. The van der Waals surface area contributed by atoms with Crippen LogP contribution in [0.5, 0.6) is 0 Å². The summed E-state index contributed by atoms with van der Waals surface area (Å²) in [4.78, 5) is 0. The van der Waals surface area contributed by atoms with Gasteiger partial charge in [0.1, 0.15) is 11.0 Å². The maximum atomic E-state index is 5.52. The molecule has 0 amide bonds. The third-order valence-electron chi connectivity index (χ3n) is 1.28. The van der Waals surface area contributed by atoms with E-state index in [0.29, 0.717) is 0 Å². The molecular weight excluding hydrogens is 178 g/mol. The molecule has 0 spiro atoms. The molecule has 5 heteroatoms. The van der Waals surface area contributed by atoms with E-state index in [-0.39, 0.29) is 13.5 Å². The van der Waals surface area contributed by atoms with Crippen LogP contribution in [0.2, 0.25) is 0 Å². The highest BCUT2D eigenvalue weighted by molar-refractivity contribution is 7.59. The average molecular weight is 185 g/mol. The Kier molecular flexibility index (Phi) is 2.31. The summed E-state index contributed by atoms with van der Waals surface area (Å²) >= 11 is 1.21. The first-order valence-electron chi connectivity index (χ1n) is 2.84. The Balaban J connectivity index is 0.000000605. The number of benzene rings is 1. The maximum absolute atomic E-state index is 5.52. The smallest absolute Gasteiger partial charge is 0.106 e. The lowest BCUT2D eigenvalue weighted by Gasteiger charge is -1.87. The zero-order valence-corrected chi connectivity index (χ0v) is 7.43. The number of hydrogen-bond donors (Lipinski definition) is 1. The van der Waals surface area contributed by atoms with E-state index in [1.807, 2.05) is 18.2 Å². The van der Waals surface area contributed by atoms with Crippen LogP contribution in [0.4, 0.5) is 5.69 Å². The first-order chi connectivity index (χ1) is 4.86. The van der Waals surface area contributed by atoms with Gasteiger partial charge in [0, 0.05) is 5.69 Å². The Morgan fingerprint density at radius 3 is 2.73 bits per heavy atom. The van der Waals surface area contributed by atoms with Gasteiger partial charge in [-0.3, -0.25) is 0 Å². The Labute approximate surface area is 75.0 Å². The zero-order valence-electron chi connectivity index (χ0n) is 5.61. The van der Waals surface area contributed by atoms with Crippen LogP contribution in [-0.4, -0.2) is 8.75 Å². The summed E-state index contributed by atoms with van der Waals surface area (Å²) in [6.07, 6.45) is 0. The van der Waals surface area contributed by atoms with E-state index in [1.54, 1.807) is 0 Å². The molecule has 0 fully saturated rings. The Hall–Kier alpha value is -0.810. The van der Waals surface area contributed by atoms with Gasteiger partial charge in [-0.05, 0) is 18.2 Å². The Morgan fingerprint density at radius 2 is 1.91 bits per heavy atom. The van der Waals surface area contributed by atoms with Gasteiger partial charge >= 0.3 is 0 Å². The Bertz CT molecular complexity index is 357. The molecule has 58 valence electrons. The van der Waals surface area contributed by atoms with Crippen LogP contribution in [0.1, 0.15) is 0 Å². The molecule has 1 aromatic heterocycles. The molecular formula is C6H7N3S2. The van der Waals surface area contributed by atoms with Crippen molar-refractivity contribution < 1.29 is 0 Å². The van der Waals surface area contributed by atoms with Crippen molar-refractivity contribution in [1.82, 2.24) is 8.75 Å². The number of hydrogen-bond acceptors (Lipinski definition) is 4. The third kappa shape index (κ3) is 1.44. The van der Waals surface area contributed by atoms with E-state index < -0.39 is 0 Å². The molecule has 0 saturated heterocycles. The van der Waals surface area contributed by atoms with E-state index in [1.165, 1.54) is 11.7 Å². The fraction of sp³-hybridized carbons (Fsp3) is 0. The lowest BCUT2D eigenvalue weighted by molar-refractivity contribution is 1.63. The van der Waals surface area contributed by atoms with Crippen molar-refractivity contribution in [3.8, 4) is 0 Å². The number of nitrogen functional groups attached to an aromatic ring is 1. The highest BCUT2D eigenvalue weighted by Crippen LogP contribution is 2.13. The first-order valence-corrected chi connectivity index (χ1v) is 3.57. The van der Waals surface area contributed by atoms with Crippen LogP contribution < -0.4 is 5.73 Å². The first kappa shape index (κ1) is 8.29. The molecule has 0 aliphatic heterocycles. The summed E-state index contributed by atoms with van der Waals surface area (Å²) in [5.74, 6) is 0. The number of nitrogens with zero attached hydrogens (tertiary/aromatic N) is 2. The van der Waals surface area contributed by atoms with Crippen LogP contribution >= 0.6 is 25.2 Å². The largest absolute Gasteiger partial charge is 0.399 e. The summed E-state index contributed by atoms with van der Waals surface area (Å²) in [6.45, 7) is 0. The van der Waals surface area contributed by atoms with Gasteiger partial charge in [-0.1, -0.05) is 0 Å². The normalized spacial score (nSPS) is 9.45. The quantitative estimate of drug-likeness (QED) is 0.631. The van der Waals surface area contributed by atoms with Gasteiger partial charge in [-0.2, -0.15) is 22.2 Å². The molecule has 0 radical (unpaired) electrons. The van der Waals surface area contributed by atoms with Crippen molar-refractivity contribution in [3.05, 3.63) is 18.2 Å².